The van der Waals surface area contributed by atoms with Gasteiger partial charge < -0.3 is 4.74 Å². The number of rotatable bonds is 1. The molecule has 0 aliphatic heterocycles. The van der Waals surface area contributed by atoms with E-state index in [9.17, 15) is 0 Å². The summed E-state index contributed by atoms with van der Waals surface area (Å²) in [4.78, 5) is 0. The van der Waals surface area contributed by atoms with Crippen LogP contribution in [-0.4, -0.2) is 13.2 Å². The van der Waals surface area contributed by atoms with E-state index in [0.717, 1.165) is 11.8 Å². The van der Waals surface area contributed by atoms with Crippen LogP contribution in [0.2, 0.25) is 0 Å². The molecule has 0 aromatic rings. The largest absolute Gasteiger partial charge is 0.381 e. The number of allylic oxidation sites excluding steroid dienone is 2. The molecule has 32 heavy (non-hydrogen) atoms. The quantitative estimate of drug-likeness (QED) is 0.370. The molecule has 4 saturated carbocycles. The molecule has 0 aromatic heterocycles. The van der Waals surface area contributed by atoms with Gasteiger partial charge in [0.05, 0.1) is 6.10 Å². The lowest BCUT2D eigenvalue weighted by Crippen LogP contribution is -2.64. The highest BCUT2D eigenvalue weighted by Crippen LogP contribution is 2.75. The Morgan fingerprint density at radius 2 is 1.38 bits per heavy atom. The second-order valence-corrected chi connectivity index (χ2v) is 15.4. The van der Waals surface area contributed by atoms with E-state index in [1.165, 1.54) is 70.6 Å². The Morgan fingerprint density at radius 1 is 0.688 bits per heavy atom. The van der Waals surface area contributed by atoms with Crippen molar-refractivity contribution in [2.24, 2.45) is 44.3 Å². The third-order valence-electron chi connectivity index (χ3n) is 13.2. The van der Waals surface area contributed by atoms with Gasteiger partial charge in [-0.1, -0.05) is 66.5 Å². The molecule has 0 N–H and O–H groups in total. The Morgan fingerprint density at radius 3 is 2.06 bits per heavy atom. The van der Waals surface area contributed by atoms with Crippen LogP contribution in [0.15, 0.2) is 11.1 Å². The maximum atomic E-state index is 6.05. The number of methoxy groups -OCH3 is 1. The number of hydrogen-bond acceptors (Lipinski definition) is 1. The van der Waals surface area contributed by atoms with Crippen LogP contribution in [0.4, 0.5) is 0 Å². The lowest BCUT2D eigenvalue weighted by Gasteiger charge is -2.71. The molecule has 5 aliphatic carbocycles. The molecule has 0 radical (unpaired) electrons. The van der Waals surface area contributed by atoms with E-state index in [-0.39, 0.29) is 0 Å². The minimum Gasteiger partial charge on any atom is -0.381 e. The van der Waals surface area contributed by atoms with Crippen molar-refractivity contribution in [3.8, 4) is 0 Å². The average Bonchev–Trinajstić information content (AvgIpc) is 2.69. The van der Waals surface area contributed by atoms with Gasteiger partial charge in [0, 0.05) is 7.11 Å². The summed E-state index contributed by atoms with van der Waals surface area (Å²) >= 11 is 0. The Kier molecular flexibility index (Phi) is 5.05. The number of hydrogen-bond donors (Lipinski definition) is 0. The molecular weight excluding hydrogens is 388 g/mol. The molecule has 5 aliphatic rings. The SMILES string of the molecule is CO[C@H]1CC[C@]2(C)[C@H]3CCC4=C5CC(C)(C)CC[C@]5(C)CC[C@@]4(C)[C@]3(C)CC[C@H]2C1(C)C. The van der Waals surface area contributed by atoms with E-state index >= 15 is 0 Å². The summed E-state index contributed by atoms with van der Waals surface area (Å²) < 4.78 is 6.05. The lowest BCUT2D eigenvalue weighted by atomic mass is 9.34. The average molecular weight is 441 g/mol. The molecule has 1 heteroatoms. The Bertz CT molecular complexity index is 818. The molecule has 0 amide bonds. The van der Waals surface area contributed by atoms with Crippen molar-refractivity contribution in [3.05, 3.63) is 11.1 Å². The van der Waals surface area contributed by atoms with Crippen LogP contribution in [0.5, 0.6) is 0 Å². The van der Waals surface area contributed by atoms with Crippen LogP contribution in [-0.2, 0) is 4.74 Å². The molecule has 1 nitrogen and oxygen atoms in total. The summed E-state index contributed by atoms with van der Waals surface area (Å²) in [6.45, 7) is 20.9. The highest BCUT2D eigenvalue weighted by atomic mass is 16.5. The molecular formula is C31H52O. The van der Waals surface area contributed by atoms with Gasteiger partial charge in [0.15, 0.2) is 0 Å². The molecule has 0 aromatic carbocycles. The Labute approximate surface area is 199 Å². The molecule has 0 bridgehead atoms. The highest BCUT2D eigenvalue weighted by molar-refractivity contribution is 5.38. The van der Waals surface area contributed by atoms with Crippen molar-refractivity contribution < 1.29 is 4.74 Å². The van der Waals surface area contributed by atoms with Crippen LogP contribution in [0.3, 0.4) is 0 Å². The van der Waals surface area contributed by atoms with E-state index in [1.807, 2.05) is 18.3 Å². The zero-order valence-electron chi connectivity index (χ0n) is 22.9. The first-order chi connectivity index (χ1) is 14.7. The highest BCUT2D eigenvalue weighted by Gasteiger charge is 2.67. The molecule has 0 unspecified atom stereocenters. The third-order valence-corrected chi connectivity index (χ3v) is 13.2. The first-order valence-corrected chi connectivity index (χ1v) is 14.0. The molecule has 0 spiro atoms. The van der Waals surface area contributed by atoms with Crippen molar-refractivity contribution in [2.45, 2.75) is 132 Å². The van der Waals surface area contributed by atoms with Gasteiger partial charge in [0.2, 0.25) is 0 Å². The van der Waals surface area contributed by atoms with Crippen molar-refractivity contribution in [1.82, 2.24) is 0 Å². The van der Waals surface area contributed by atoms with Gasteiger partial charge in [-0.3, -0.25) is 0 Å². The second kappa shape index (κ2) is 6.89. The summed E-state index contributed by atoms with van der Waals surface area (Å²) in [5.74, 6) is 1.66. The third kappa shape index (κ3) is 2.85. The zero-order valence-corrected chi connectivity index (χ0v) is 22.9. The minimum atomic E-state index is 0.293. The normalized spacial score (nSPS) is 51.8. The van der Waals surface area contributed by atoms with Gasteiger partial charge in [0.1, 0.15) is 0 Å². The van der Waals surface area contributed by atoms with Crippen molar-refractivity contribution in [2.75, 3.05) is 7.11 Å². The summed E-state index contributed by atoms with van der Waals surface area (Å²) in [6.07, 6.45) is 15.7. The first-order valence-electron chi connectivity index (χ1n) is 14.0. The maximum Gasteiger partial charge on any atom is 0.0625 e. The zero-order chi connectivity index (χ0) is 23.4. The maximum absolute atomic E-state index is 6.05. The van der Waals surface area contributed by atoms with Gasteiger partial charge in [-0.05, 0) is 115 Å². The first kappa shape index (κ1) is 23.4. The van der Waals surface area contributed by atoms with Crippen LogP contribution < -0.4 is 0 Å². The van der Waals surface area contributed by atoms with Crippen LogP contribution >= 0.6 is 0 Å². The van der Waals surface area contributed by atoms with Gasteiger partial charge in [-0.15, -0.1) is 0 Å². The predicted molar refractivity (Wildman–Crippen MR) is 136 cm³/mol. The standard InChI is InChI=1S/C31H52O/c1-26(2)16-17-28(5)18-19-30(7)21(22(28)20-26)10-11-24-29(6)14-13-25(32-9)27(3,4)23(29)12-15-31(24,30)8/h23-25H,10-20H2,1-9H3/t23-,24+,25-,28+,29-,30+,31+/m0/s1. The second-order valence-electron chi connectivity index (χ2n) is 15.4. The summed E-state index contributed by atoms with van der Waals surface area (Å²) in [6, 6.07) is 0. The summed E-state index contributed by atoms with van der Waals surface area (Å²) in [5.41, 5.74) is 6.49. The summed E-state index contributed by atoms with van der Waals surface area (Å²) in [5, 5.41) is 0. The molecule has 5 rings (SSSR count). The predicted octanol–water partition coefficient (Wildman–Crippen LogP) is 8.97. The van der Waals surface area contributed by atoms with E-state index < -0.39 is 0 Å². The smallest absolute Gasteiger partial charge is 0.0625 e. The molecule has 0 heterocycles. The van der Waals surface area contributed by atoms with Gasteiger partial charge in [0.25, 0.3) is 0 Å². The van der Waals surface area contributed by atoms with Crippen LogP contribution in [0.25, 0.3) is 0 Å². The monoisotopic (exact) mass is 440 g/mol. The van der Waals surface area contributed by atoms with Crippen LogP contribution in [0.1, 0.15) is 126 Å². The number of fused-ring (bicyclic) bond motifs is 6. The number of ether oxygens (including phenoxy) is 1. The Balaban J connectivity index is 1.57. The molecule has 7 atom stereocenters. The van der Waals surface area contributed by atoms with Crippen molar-refractivity contribution in [3.63, 3.8) is 0 Å². The topological polar surface area (TPSA) is 9.23 Å². The fourth-order valence-electron chi connectivity index (χ4n) is 10.9. The van der Waals surface area contributed by atoms with E-state index in [4.69, 9.17) is 4.74 Å². The van der Waals surface area contributed by atoms with Gasteiger partial charge >= 0.3 is 0 Å². The van der Waals surface area contributed by atoms with E-state index in [0.29, 0.717) is 38.6 Å². The molecule has 4 fully saturated rings. The van der Waals surface area contributed by atoms with Crippen molar-refractivity contribution in [1.29, 1.82) is 0 Å². The Hall–Kier alpha value is -0.300. The minimum absolute atomic E-state index is 0.293. The van der Waals surface area contributed by atoms with E-state index in [1.54, 1.807) is 0 Å². The summed E-state index contributed by atoms with van der Waals surface area (Å²) in [7, 11) is 1.95. The molecule has 182 valence electrons. The lowest BCUT2D eigenvalue weighted by molar-refractivity contribution is -0.208. The molecule has 0 saturated heterocycles. The fourth-order valence-corrected chi connectivity index (χ4v) is 10.9. The van der Waals surface area contributed by atoms with Gasteiger partial charge in [-0.25, -0.2) is 0 Å². The van der Waals surface area contributed by atoms with Crippen LogP contribution in [0, 0.1) is 44.3 Å². The van der Waals surface area contributed by atoms with Crippen molar-refractivity contribution >= 4 is 0 Å². The van der Waals surface area contributed by atoms with Gasteiger partial charge in [-0.2, -0.15) is 0 Å². The fraction of sp³-hybridized carbons (Fsp3) is 0.935. The van der Waals surface area contributed by atoms with E-state index in [2.05, 4.69) is 55.4 Å².